The van der Waals surface area contributed by atoms with Crippen LogP contribution in [0.5, 0.6) is 0 Å². The normalized spacial score (nSPS) is 40.4. The van der Waals surface area contributed by atoms with Crippen molar-refractivity contribution < 1.29 is 38.1 Å². The summed E-state index contributed by atoms with van der Waals surface area (Å²) in [5, 5.41) is 0. The number of ketones is 1. The van der Waals surface area contributed by atoms with Gasteiger partial charge in [-0.05, 0) is 51.9 Å². The van der Waals surface area contributed by atoms with Crippen molar-refractivity contribution in [2.45, 2.75) is 104 Å². The average Bonchev–Trinajstić information content (AvgIpc) is 2.71. The summed E-state index contributed by atoms with van der Waals surface area (Å²) < 4.78 is 23.0. The first-order chi connectivity index (χ1) is 15.7. The van der Waals surface area contributed by atoms with E-state index in [4.69, 9.17) is 18.9 Å². The van der Waals surface area contributed by atoms with Crippen molar-refractivity contribution in [2.75, 3.05) is 13.2 Å². The highest BCUT2D eigenvalue weighted by Crippen LogP contribution is 2.64. The van der Waals surface area contributed by atoms with E-state index >= 15 is 0 Å². The lowest BCUT2D eigenvalue weighted by molar-refractivity contribution is -0.285. The van der Waals surface area contributed by atoms with E-state index in [0.29, 0.717) is 32.3 Å². The van der Waals surface area contributed by atoms with E-state index in [1.165, 1.54) is 20.8 Å². The largest absolute Gasteiger partial charge is 0.465 e. The minimum absolute atomic E-state index is 0.0250. The maximum absolute atomic E-state index is 13.5. The molecule has 0 N–H and O–H groups in total. The van der Waals surface area contributed by atoms with Crippen molar-refractivity contribution in [1.29, 1.82) is 0 Å². The number of fused-ring (bicyclic) bond motifs is 3. The topological polar surface area (TPSA) is 105 Å². The summed E-state index contributed by atoms with van der Waals surface area (Å²) in [5.74, 6) is -0.916. The second kappa shape index (κ2) is 9.25. The molecule has 1 aliphatic heterocycles. The number of hydrogen-bond acceptors (Lipinski definition) is 8. The summed E-state index contributed by atoms with van der Waals surface area (Å²) in [6.45, 7) is 12.5. The van der Waals surface area contributed by atoms with Crippen LogP contribution in [0.4, 0.5) is 0 Å². The highest BCUT2D eigenvalue weighted by Gasteiger charge is 2.66. The van der Waals surface area contributed by atoms with Crippen LogP contribution < -0.4 is 0 Å². The van der Waals surface area contributed by atoms with Crippen LogP contribution in [0, 0.1) is 22.7 Å². The minimum atomic E-state index is -0.853. The van der Waals surface area contributed by atoms with E-state index in [9.17, 15) is 19.2 Å². The highest BCUT2D eigenvalue weighted by molar-refractivity contribution is 5.86. The van der Waals surface area contributed by atoms with Crippen molar-refractivity contribution >= 4 is 23.7 Å². The third kappa shape index (κ3) is 4.75. The van der Waals surface area contributed by atoms with Crippen LogP contribution in [0.2, 0.25) is 0 Å². The summed E-state index contributed by atoms with van der Waals surface area (Å²) in [4.78, 5) is 48.3. The van der Waals surface area contributed by atoms with E-state index in [0.717, 1.165) is 12.8 Å². The number of Topliss-reactive ketones (excluding diaryl/α,β-unsaturated/α-hetero) is 1. The Hall–Kier alpha value is -1.96. The first-order valence-electron chi connectivity index (χ1n) is 12.3. The van der Waals surface area contributed by atoms with Crippen LogP contribution in [0.15, 0.2) is 0 Å². The monoisotopic (exact) mass is 480 g/mol. The van der Waals surface area contributed by atoms with Crippen molar-refractivity contribution in [3.63, 3.8) is 0 Å². The summed E-state index contributed by atoms with van der Waals surface area (Å²) in [6, 6.07) is 0. The average molecular weight is 481 g/mol. The first-order valence-corrected chi connectivity index (χ1v) is 12.3. The van der Waals surface area contributed by atoms with Gasteiger partial charge in [-0.25, -0.2) is 0 Å². The predicted octanol–water partition coefficient (Wildman–Crippen LogP) is 3.77. The lowest BCUT2D eigenvalue weighted by Crippen LogP contribution is -2.68. The summed E-state index contributed by atoms with van der Waals surface area (Å²) in [7, 11) is 0. The Morgan fingerprint density at radius 2 is 1.53 bits per heavy atom. The molecule has 8 heteroatoms. The fourth-order valence-corrected chi connectivity index (χ4v) is 7.22. The van der Waals surface area contributed by atoms with Crippen molar-refractivity contribution in [2.24, 2.45) is 22.7 Å². The Balaban J connectivity index is 1.90. The van der Waals surface area contributed by atoms with Gasteiger partial charge in [-0.15, -0.1) is 0 Å². The number of carbonyl (C=O) groups excluding carboxylic acids is 4. The van der Waals surface area contributed by atoms with Crippen LogP contribution in [0.25, 0.3) is 0 Å². The van der Waals surface area contributed by atoms with Crippen LogP contribution >= 0.6 is 0 Å². The maximum Gasteiger partial charge on any atom is 0.303 e. The smallest absolute Gasteiger partial charge is 0.303 e. The Morgan fingerprint density at radius 3 is 2.12 bits per heavy atom. The van der Waals surface area contributed by atoms with Crippen LogP contribution in [0.3, 0.4) is 0 Å². The standard InChI is InChI=1S/C26H40O8/c1-16(27)31-14-22(33-18(3)29)25(6)13-9-20-24(5,34-25)12-8-19-23(4,15-32-17(2)28)11-10-21(30)26(19,20)7/h19-20,22H,8-15H2,1-7H3/t19-,20-,22?,23-,24+,25+,26-/m0/s1. The molecule has 3 rings (SSSR count). The summed E-state index contributed by atoms with van der Waals surface area (Å²) in [5.41, 5.74) is -2.34. The molecule has 1 heterocycles. The van der Waals surface area contributed by atoms with Gasteiger partial charge in [0.1, 0.15) is 18.0 Å². The summed E-state index contributed by atoms with van der Waals surface area (Å²) in [6.07, 6.45) is 3.20. The number of hydrogen-bond donors (Lipinski definition) is 0. The molecule has 34 heavy (non-hydrogen) atoms. The highest BCUT2D eigenvalue weighted by atomic mass is 16.6. The molecule has 1 saturated heterocycles. The number of rotatable bonds is 6. The Labute approximate surface area is 202 Å². The number of ether oxygens (including phenoxy) is 4. The third-order valence-electron chi connectivity index (χ3n) is 8.91. The molecule has 0 bridgehead atoms. The van der Waals surface area contributed by atoms with Gasteiger partial charge in [0.15, 0.2) is 6.10 Å². The van der Waals surface area contributed by atoms with Crippen molar-refractivity contribution in [3.05, 3.63) is 0 Å². The molecular formula is C26H40O8. The lowest BCUT2D eigenvalue weighted by atomic mass is 9.43. The van der Waals surface area contributed by atoms with Crippen LogP contribution in [0.1, 0.15) is 87.0 Å². The molecule has 8 nitrogen and oxygen atoms in total. The Kier molecular flexibility index (Phi) is 7.25. The fraction of sp³-hybridized carbons (Fsp3) is 0.846. The molecule has 3 aliphatic rings. The van der Waals surface area contributed by atoms with E-state index in [1.54, 1.807) is 0 Å². The molecule has 0 aromatic rings. The van der Waals surface area contributed by atoms with Gasteiger partial charge in [0, 0.05) is 43.9 Å². The molecule has 2 saturated carbocycles. The van der Waals surface area contributed by atoms with Crippen molar-refractivity contribution in [1.82, 2.24) is 0 Å². The van der Waals surface area contributed by atoms with E-state index < -0.39 is 34.7 Å². The molecule has 0 amide bonds. The molecule has 2 aliphatic carbocycles. The second-order valence-corrected chi connectivity index (χ2v) is 11.5. The lowest BCUT2D eigenvalue weighted by Gasteiger charge is -2.64. The molecule has 0 radical (unpaired) electrons. The second-order valence-electron chi connectivity index (χ2n) is 11.5. The maximum atomic E-state index is 13.5. The fourth-order valence-electron chi connectivity index (χ4n) is 7.22. The third-order valence-corrected chi connectivity index (χ3v) is 8.91. The van der Waals surface area contributed by atoms with E-state index in [2.05, 4.69) is 20.8 Å². The van der Waals surface area contributed by atoms with E-state index in [-0.39, 0.29) is 35.6 Å². The van der Waals surface area contributed by atoms with Crippen molar-refractivity contribution in [3.8, 4) is 0 Å². The molecule has 192 valence electrons. The van der Waals surface area contributed by atoms with Gasteiger partial charge in [-0.1, -0.05) is 13.8 Å². The van der Waals surface area contributed by atoms with Gasteiger partial charge >= 0.3 is 17.9 Å². The minimum Gasteiger partial charge on any atom is -0.465 e. The zero-order valence-electron chi connectivity index (χ0n) is 21.7. The zero-order valence-corrected chi connectivity index (χ0v) is 21.7. The van der Waals surface area contributed by atoms with Gasteiger partial charge in [-0.2, -0.15) is 0 Å². The zero-order chi connectivity index (χ0) is 25.5. The van der Waals surface area contributed by atoms with Gasteiger partial charge in [0.25, 0.3) is 0 Å². The van der Waals surface area contributed by atoms with Gasteiger partial charge in [0.2, 0.25) is 0 Å². The van der Waals surface area contributed by atoms with Crippen LogP contribution in [-0.4, -0.2) is 54.2 Å². The molecule has 0 aromatic heterocycles. The number of esters is 3. The van der Waals surface area contributed by atoms with Gasteiger partial charge in [-0.3, -0.25) is 19.2 Å². The molecule has 1 unspecified atom stereocenters. The first kappa shape index (κ1) is 26.6. The Morgan fingerprint density at radius 1 is 0.912 bits per heavy atom. The predicted molar refractivity (Wildman–Crippen MR) is 123 cm³/mol. The van der Waals surface area contributed by atoms with Gasteiger partial charge in [0.05, 0.1) is 12.2 Å². The SMILES string of the molecule is CC(=O)OCC(OC(C)=O)[C@@]1(C)CC[C@@H]2[C@@]3(C)C(=O)CC[C@@](C)(COC(C)=O)[C@@H]3CC[C@@]2(C)O1. The molecular weight excluding hydrogens is 440 g/mol. The molecule has 3 fully saturated rings. The van der Waals surface area contributed by atoms with Gasteiger partial charge < -0.3 is 18.9 Å². The van der Waals surface area contributed by atoms with E-state index in [1.807, 2.05) is 6.92 Å². The number of carbonyl (C=O) groups is 4. The molecule has 7 atom stereocenters. The van der Waals surface area contributed by atoms with Crippen LogP contribution in [-0.2, 0) is 38.1 Å². The Bertz CT molecular complexity index is 854. The quantitative estimate of drug-likeness (QED) is 0.418. The molecule has 0 spiro atoms. The summed E-state index contributed by atoms with van der Waals surface area (Å²) >= 11 is 0. The molecule has 0 aromatic carbocycles.